The summed E-state index contributed by atoms with van der Waals surface area (Å²) < 4.78 is 13.7. The molecule has 1 aromatic carbocycles. The maximum Gasteiger partial charge on any atom is 0.255 e. The molecule has 238 valence electrons. The number of carbonyl (C=O) groups is 5. The number of aromatic hydroxyl groups is 1. The third-order valence-electron chi connectivity index (χ3n) is 5.89. The smallest absolute Gasteiger partial charge is 0.255 e. The number of aliphatic imine (C=N–C) groups is 2. The van der Waals surface area contributed by atoms with Crippen LogP contribution >= 0.6 is 0 Å². The van der Waals surface area contributed by atoms with E-state index in [-0.39, 0.29) is 50.7 Å². The first-order chi connectivity index (χ1) is 20.1. The van der Waals surface area contributed by atoms with Crippen molar-refractivity contribution in [3.8, 4) is 5.75 Å². The number of phenolic OH excluding ortho intramolecular Hbond substituents is 1. The topological polar surface area (TPSA) is 309 Å². The number of rotatable bonds is 17. The fourth-order valence-electron chi connectivity index (χ4n) is 3.53. The number of benzene rings is 1. The van der Waals surface area contributed by atoms with Crippen molar-refractivity contribution in [3.63, 3.8) is 0 Å². The quantitative estimate of drug-likeness (QED) is 0.0477. The van der Waals surface area contributed by atoms with Gasteiger partial charge in [-0.15, -0.1) is 0 Å². The third-order valence-corrected chi connectivity index (χ3v) is 5.89. The van der Waals surface area contributed by atoms with E-state index in [9.17, 15) is 33.5 Å². The highest BCUT2D eigenvalue weighted by atomic mass is 19.1. The molecule has 15 N–H and O–H groups in total. The van der Waals surface area contributed by atoms with Gasteiger partial charge >= 0.3 is 0 Å². The van der Waals surface area contributed by atoms with Crippen LogP contribution in [0, 0.1) is 5.82 Å². The Morgan fingerprint density at radius 1 is 0.767 bits per heavy atom. The molecule has 0 bridgehead atoms. The van der Waals surface area contributed by atoms with E-state index in [0.717, 1.165) is 18.2 Å². The van der Waals surface area contributed by atoms with Crippen molar-refractivity contribution >= 4 is 41.5 Å². The van der Waals surface area contributed by atoms with Crippen molar-refractivity contribution in [3.05, 3.63) is 29.6 Å². The molecule has 0 saturated carbocycles. The van der Waals surface area contributed by atoms with Crippen LogP contribution in [0.25, 0.3) is 0 Å². The van der Waals surface area contributed by atoms with Gasteiger partial charge in [-0.3, -0.25) is 34.0 Å². The third kappa shape index (κ3) is 13.4. The van der Waals surface area contributed by atoms with E-state index < -0.39 is 70.8 Å². The first-order valence-electron chi connectivity index (χ1n) is 13.2. The average molecular weight is 610 g/mol. The summed E-state index contributed by atoms with van der Waals surface area (Å²) in [5, 5.41) is 19.7. The molecule has 1 rings (SSSR count). The van der Waals surface area contributed by atoms with Gasteiger partial charge in [-0.2, -0.15) is 0 Å². The van der Waals surface area contributed by atoms with E-state index in [0.29, 0.717) is 0 Å². The van der Waals surface area contributed by atoms with E-state index in [4.69, 9.17) is 28.7 Å². The zero-order valence-electron chi connectivity index (χ0n) is 23.9. The molecule has 0 radical (unpaired) electrons. The number of guanidine groups is 2. The summed E-state index contributed by atoms with van der Waals surface area (Å²) in [6.07, 6.45) is 0.571. The number of nitrogens with one attached hydrogen (secondary N) is 4. The Morgan fingerprint density at radius 2 is 1.26 bits per heavy atom. The largest absolute Gasteiger partial charge is 0.507 e. The summed E-state index contributed by atoms with van der Waals surface area (Å²) in [7, 11) is 0. The lowest BCUT2D eigenvalue weighted by molar-refractivity contribution is -0.133. The Balaban J connectivity index is 3.02. The van der Waals surface area contributed by atoms with Gasteiger partial charge in [-0.05, 0) is 57.7 Å². The minimum absolute atomic E-state index is 0.000398. The molecule has 5 amide bonds. The lowest BCUT2D eigenvalue weighted by atomic mass is 10.1. The van der Waals surface area contributed by atoms with Crippen molar-refractivity contribution in [2.75, 3.05) is 13.1 Å². The van der Waals surface area contributed by atoms with Crippen LogP contribution in [0.3, 0.4) is 0 Å². The van der Waals surface area contributed by atoms with Crippen LogP contribution in [0.5, 0.6) is 5.75 Å². The molecule has 4 atom stereocenters. The minimum Gasteiger partial charge on any atom is -0.507 e. The van der Waals surface area contributed by atoms with Crippen LogP contribution in [0.2, 0.25) is 0 Å². The summed E-state index contributed by atoms with van der Waals surface area (Å²) in [5.41, 5.74) is 26.0. The van der Waals surface area contributed by atoms with Crippen molar-refractivity contribution in [2.24, 2.45) is 38.7 Å². The average Bonchev–Trinajstić information content (AvgIpc) is 2.92. The predicted octanol–water partition coefficient (Wildman–Crippen LogP) is -3.28. The van der Waals surface area contributed by atoms with Crippen molar-refractivity contribution in [1.82, 2.24) is 21.3 Å². The Labute approximate surface area is 247 Å². The molecule has 0 aliphatic heterocycles. The van der Waals surface area contributed by atoms with Crippen LogP contribution in [0.4, 0.5) is 4.39 Å². The maximum absolute atomic E-state index is 13.7. The molecule has 0 fully saturated rings. The molecule has 43 heavy (non-hydrogen) atoms. The zero-order chi connectivity index (χ0) is 32.7. The number of amides is 5. The molecule has 18 heteroatoms. The summed E-state index contributed by atoms with van der Waals surface area (Å²) in [6, 6.07) is -1.90. The standard InChI is InChI=1S/C25H40FN11O6/c1-12(19(27)39)34-22(42)16(5-3-9-32-24(28)29)36-20(40)13(2)35-23(43)17(6-4-10-33-25(30)31)37-21(41)15-11-14(26)7-8-18(15)38/h7-8,11-13,16-17,38H,3-6,9-10H2,1-2H3,(H2,27,39)(H,34,42)(H,35,43)(H,36,40)(H,37,41)(H4,28,29,32)(H4,30,31,33)/t12-,13-,16-,17-/m0/s1. The van der Waals surface area contributed by atoms with Crippen LogP contribution in [-0.4, -0.2) is 83.8 Å². The lowest BCUT2D eigenvalue weighted by Gasteiger charge is -2.24. The van der Waals surface area contributed by atoms with Gasteiger partial charge in [0.25, 0.3) is 5.91 Å². The van der Waals surface area contributed by atoms with Gasteiger partial charge in [-0.1, -0.05) is 0 Å². The van der Waals surface area contributed by atoms with Gasteiger partial charge in [0.15, 0.2) is 11.9 Å². The highest BCUT2D eigenvalue weighted by Gasteiger charge is 2.29. The van der Waals surface area contributed by atoms with Crippen LogP contribution < -0.4 is 49.9 Å². The Morgan fingerprint density at radius 3 is 1.74 bits per heavy atom. The SMILES string of the molecule is C[C@H](NC(=O)[C@H](CCCN=C(N)N)NC(=O)[C@H](C)NC(=O)[C@H](CCCN=C(N)N)NC(=O)c1cc(F)ccc1O)C(N)=O. The highest BCUT2D eigenvalue weighted by molar-refractivity contribution is 6.00. The first-order valence-corrected chi connectivity index (χ1v) is 13.2. The molecule has 0 heterocycles. The number of phenols is 1. The van der Waals surface area contributed by atoms with Gasteiger partial charge in [0, 0.05) is 13.1 Å². The second-order valence-electron chi connectivity index (χ2n) is 9.51. The summed E-state index contributed by atoms with van der Waals surface area (Å²) in [5.74, 6) is -5.65. The molecule has 0 saturated heterocycles. The number of carbonyl (C=O) groups excluding carboxylic acids is 5. The molecule has 1 aromatic rings. The maximum atomic E-state index is 13.7. The van der Waals surface area contributed by atoms with E-state index in [1.54, 1.807) is 0 Å². The number of hydrogen-bond donors (Lipinski definition) is 10. The molecule has 0 aliphatic rings. The van der Waals surface area contributed by atoms with E-state index in [1.807, 2.05) is 0 Å². The Kier molecular flexibility index (Phi) is 14.7. The number of nitrogens with zero attached hydrogens (tertiary/aromatic N) is 2. The van der Waals surface area contributed by atoms with Crippen LogP contribution in [0.15, 0.2) is 28.2 Å². The molecular weight excluding hydrogens is 569 g/mol. The fourth-order valence-corrected chi connectivity index (χ4v) is 3.53. The molecule has 0 spiro atoms. The number of nitrogens with two attached hydrogens (primary N) is 5. The van der Waals surface area contributed by atoms with Crippen LogP contribution in [0.1, 0.15) is 49.9 Å². The first kappa shape index (κ1) is 35.9. The van der Waals surface area contributed by atoms with Gasteiger partial charge in [0.05, 0.1) is 5.56 Å². The Bertz CT molecular complexity index is 1220. The second-order valence-corrected chi connectivity index (χ2v) is 9.51. The number of primary amides is 1. The van der Waals surface area contributed by atoms with E-state index in [1.165, 1.54) is 13.8 Å². The minimum atomic E-state index is -1.25. The number of halogens is 1. The van der Waals surface area contributed by atoms with Crippen LogP contribution in [-0.2, 0) is 19.2 Å². The van der Waals surface area contributed by atoms with E-state index in [2.05, 4.69) is 31.3 Å². The van der Waals surface area contributed by atoms with E-state index >= 15 is 0 Å². The predicted molar refractivity (Wildman–Crippen MR) is 155 cm³/mol. The molecular formula is C25H40FN11O6. The van der Waals surface area contributed by atoms with Crippen molar-refractivity contribution < 1.29 is 33.5 Å². The van der Waals surface area contributed by atoms with Crippen molar-refractivity contribution in [1.29, 1.82) is 0 Å². The van der Waals surface area contributed by atoms with Crippen molar-refractivity contribution in [2.45, 2.75) is 63.7 Å². The highest BCUT2D eigenvalue weighted by Crippen LogP contribution is 2.18. The van der Waals surface area contributed by atoms with Gasteiger partial charge in [-0.25, -0.2) is 4.39 Å². The number of hydrogen-bond acceptors (Lipinski definition) is 8. The normalized spacial score (nSPS) is 13.3. The summed E-state index contributed by atoms with van der Waals surface area (Å²) in [4.78, 5) is 70.6. The monoisotopic (exact) mass is 609 g/mol. The summed E-state index contributed by atoms with van der Waals surface area (Å²) in [6.45, 7) is 2.97. The molecule has 0 aliphatic carbocycles. The lowest BCUT2D eigenvalue weighted by Crippen LogP contribution is -2.57. The Hall–Kier alpha value is -5.16. The molecule has 0 aromatic heterocycles. The molecule has 0 unspecified atom stereocenters. The zero-order valence-corrected chi connectivity index (χ0v) is 23.9. The van der Waals surface area contributed by atoms with Gasteiger partial charge < -0.3 is 55.0 Å². The molecule has 17 nitrogen and oxygen atoms in total. The van der Waals surface area contributed by atoms with Gasteiger partial charge in [0.2, 0.25) is 23.6 Å². The fraction of sp³-hybridized carbons (Fsp3) is 0.480. The second kappa shape index (κ2) is 17.6. The van der Waals surface area contributed by atoms with Gasteiger partial charge in [0.1, 0.15) is 35.7 Å². The summed E-state index contributed by atoms with van der Waals surface area (Å²) >= 11 is 0.